The van der Waals surface area contributed by atoms with Crippen molar-refractivity contribution >= 4 is 47.7 Å². The molecule has 0 fully saturated rings. The van der Waals surface area contributed by atoms with Crippen molar-refractivity contribution in [3.63, 3.8) is 0 Å². The van der Waals surface area contributed by atoms with E-state index in [2.05, 4.69) is 0 Å². The molecule has 12 heteroatoms. The second-order valence-electron chi connectivity index (χ2n) is 16.0. The number of alkyl halides is 4. The molecular weight excluding hydrogens is 883 g/mol. The van der Waals surface area contributed by atoms with Gasteiger partial charge in [-0.2, -0.15) is 0 Å². The number of halogens is 4. The zero-order valence-electron chi connectivity index (χ0n) is 36.0. The summed E-state index contributed by atoms with van der Waals surface area (Å²) >= 11 is 0. The lowest BCUT2D eigenvalue weighted by molar-refractivity contribution is -0.288. The summed E-state index contributed by atoms with van der Waals surface area (Å²) in [6.07, 6.45) is -8.39. The van der Waals surface area contributed by atoms with Gasteiger partial charge in [0.1, 0.15) is 11.5 Å². The van der Waals surface area contributed by atoms with E-state index in [-0.39, 0.29) is 22.6 Å². The van der Waals surface area contributed by atoms with E-state index in [0.29, 0.717) is 22.1 Å². The summed E-state index contributed by atoms with van der Waals surface area (Å²) in [5.74, 6) is -1.13. The molecule has 0 aliphatic carbocycles. The molecule has 0 N–H and O–H groups in total. The van der Waals surface area contributed by atoms with Crippen LogP contribution in [0.1, 0.15) is 22.3 Å². The highest BCUT2D eigenvalue weighted by Gasteiger charge is 2.52. The lowest BCUT2D eigenvalue weighted by Crippen LogP contribution is -2.28. The largest absolute Gasteiger partial charge is 0.586 e. The number of aryl methyl sites for hydroxylation is 4. The molecule has 6 nitrogen and oxygen atoms in total. The quantitative estimate of drug-likeness (QED) is 0.0952. The van der Waals surface area contributed by atoms with Crippen LogP contribution >= 0.6 is 15.8 Å². The molecule has 10 rings (SSSR count). The summed E-state index contributed by atoms with van der Waals surface area (Å²) in [6, 6.07) is 52.5. The summed E-state index contributed by atoms with van der Waals surface area (Å²) in [6.45, 7) is 7.90. The van der Waals surface area contributed by atoms with Gasteiger partial charge >= 0.3 is 12.6 Å². The average Bonchev–Trinajstić information content (AvgIpc) is 3.82. The molecule has 8 aromatic carbocycles. The molecule has 0 atom stereocenters. The van der Waals surface area contributed by atoms with Crippen molar-refractivity contribution in [1.29, 1.82) is 0 Å². The molecule has 0 saturated heterocycles. The van der Waals surface area contributed by atoms with E-state index in [4.69, 9.17) is 28.4 Å². The minimum atomic E-state index is -4.19. The minimum Gasteiger partial charge on any atom is -0.453 e. The van der Waals surface area contributed by atoms with Crippen LogP contribution in [0.2, 0.25) is 0 Å². The fourth-order valence-corrected chi connectivity index (χ4v) is 12.8. The fraction of sp³-hybridized carbons (Fsp3) is 0.111. The fourth-order valence-electron chi connectivity index (χ4n) is 7.96. The molecule has 330 valence electrons. The normalized spacial score (nSPS) is 14.2. The number of ether oxygens (including phenoxy) is 6. The predicted molar refractivity (Wildman–Crippen MR) is 254 cm³/mol. The third-order valence-electron chi connectivity index (χ3n) is 11.1. The van der Waals surface area contributed by atoms with E-state index in [9.17, 15) is 0 Å². The monoisotopic (exact) mass is 922 g/mol. The van der Waals surface area contributed by atoms with Crippen molar-refractivity contribution in [2.75, 3.05) is 0 Å². The van der Waals surface area contributed by atoms with Crippen molar-refractivity contribution < 1.29 is 46.0 Å². The summed E-state index contributed by atoms with van der Waals surface area (Å²) in [5, 5.41) is 4.21. The van der Waals surface area contributed by atoms with Crippen LogP contribution in [0.15, 0.2) is 170 Å². The third kappa shape index (κ3) is 8.55. The zero-order valence-corrected chi connectivity index (χ0v) is 37.8. The SMILES string of the molecule is Cc1ccc(P(c2ccc(C)cc2)c2cc(Oc3ccccc3)c3c(c2-c2c(P(c4ccc(C)cc4)c4ccc(C)cc4)cc(Oc4ccccc4)c4c2OC(F)(F)O4)OC(F)(F)O3)cc1. The van der Waals surface area contributed by atoms with E-state index < -0.39 is 51.4 Å². The standard InChI is InChI=1S/C54H40F4O6P2/c1-33-15-23-39(24-16-33)65(40-25-17-34(2)18-26-40)45-31-43(59-37-11-7-5-8-12-37)49-51(63-53(55,56)61-49)47(45)48-46(66(41-27-19-35(3)20-28-41)42-29-21-36(4)22-30-42)32-44(60-38-13-9-6-10-14-38)50-52(48)64-54(57,58)62-50/h5-32H,1-4H3. The maximum absolute atomic E-state index is 16.1. The molecule has 2 aliphatic rings. The van der Waals surface area contributed by atoms with Gasteiger partial charge in [0.2, 0.25) is 11.5 Å². The van der Waals surface area contributed by atoms with E-state index in [0.717, 1.165) is 43.5 Å². The first-order chi connectivity index (χ1) is 31.8. The maximum atomic E-state index is 16.1. The number of hydrogen-bond donors (Lipinski definition) is 0. The Bertz CT molecular complexity index is 2760. The highest BCUT2D eigenvalue weighted by molar-refractivity contribution is 7.80. The van der Waals surface area contributed by atoms with Crippen LogP contribution < -0.4 is 60.2 Å². The summed E-state index contributed by atoms with van der Waals surface area (Å²) in [4.78, 5) is 0. The van der Waals surface area contributed by atoms with Crippen molar-refractivity contribution in [2.24, 2.45) is 0 Å². The molecule has 0 spiro atoms. The molecule has 2 aliphatic heterocycles. The van der Waals surface area contributed by atoms with Crippen LogP contribution in [0.5, 0.6) is 46.0 Å². The highest BCUT2D eigenvalue weighted by atomic mass is 31.1. The molecule has 0 unspecified atom stereocenters. The first kappa shape index (κ1) is 43.1. The van der Waals surface area contributed by atoms with Gasteiger partial charge in [0.15, 0.2) is 23.0 Å². The van der Waals surface area contributed by atoms with Crippen molar-refractivity contribution in [1.82, 2.24) is 0 Å². The van der Waals surface area contributed by atoms with Crippen LogP contribution in [0.25, 0.3) is 11.1 Å². The second kappa shape index (κ2) is 17.2. The Morgan fingerprint density at radius 2 is 0.636 bits per heavy atom. The van der Waals surface area contributed by atoms with Gasteiger partial charge in [0, 0.05) is 21.7 Å². The average molecular weight is 923 g/mol. The number of fused-ring (bicyclic) bond motifs is 2. The van der Waals surface area contributed by atoms with Crippen molar-refractivity contribution in [2.45, 2.75) is 40.3 Å². The number of rotatable bonds is 11. The second-order valence-corrected chi connectivity index (χ2v) is 20.4. The van der Waals surface area contributed by atoms with Gasteiger partial charge in [-0.1, -0.05) is 156 Å². The third-order valence-corrected chi connectivity index (χ3v) is 16.0. The van der Waals surface area contributed by atoms with Crippen LogP contribution in [-0.2, 0) is 0 Å². The van der Waals surface area contributed by atoms with E-state index in [1.807, 2.05) is 125 Å². The Balaban J connectivity index is 1.38. The Morgan fingerprint density at radius 1 is 0.364 bits per heavy atom. The van der Waals surface area contributed by atoms with Gasteiger partial charge in [-0.25, -0.2) is 0 Å². The number of hydrogen-bond acceptors (Lipinski definition) is 6. The van der Waals surface area contributed by atoms with Crippen molar-refractivity contribution in [3.8, 4) is 57.1 Å². The lowest BCUT2D eigenvalue weighted by atomic mass is 10.0. The Kier molecular flexibility index (Phi) is 11.2. The van der Waals surface area contributed by atoms with Crippen LogP contribution in [0.4, 0.5) is 17.6 Å². The smallest absolute Gasteiger partial charge is 0.453 e. The Morgan fingerprint density at radius 3 is 0.924 bits per heavy atom. The van der Waals surface area contributed by atoms with Crippen LogP contribution in [0, 0.1) is 27.7 Å². The predicted octanol–water partition coefficient (Wildman–Crippen LogP) is 12.3. The van der Waals surface area contributed by atoms with E-state index in [1.165, 1.54) is 0 Å². The Hall–Kier alpha value is -6.86. The molecule has 0 bridgehead atoms. The molecule has 0 aromatic heterocycles. The van der Waals surface area contributed by atoms with E-state index in [1.54, 1.807) is 72.8 Å². The first-order valence-electron chi connectivity index (χ1n) is 21.1. The zero-order chi connectivity index (χ0) is 45.7. The molecule has 66 heavy (non-hydrogen) atoms. The molecule has 2 heterocycles. The molecule has 8 aromatic rings. The molecular formula is C54H40F4O6P2. The number of benzene rings is 8. The number of para-hydroxylation sites is 2. The van der Waals surface area contributed by atoms with Gasteiger partial charge in [-0.3, -0.25) is 0 Å². The first-order valence-corrected chi connectivity index (χ1v) is 23.7. The lowest BCUT2D eigenvalue weighted by Gasteiger charge is -2.29. The molecule has 0 amide bonds. The van der Waals surface area contributed by atoms with Gasteiger partial charge in [-0.15, -0.1) is 17.6 Å². The minimum absolute atomic E-state index is 0.0420. The Labute approximate surface area is 381 Å². The summed E-state index contributed by atoms with van der Waals surface area (Å²) in [5.41, 5.74) is 4.08. The topological polar surface area (TPSA) is 55.4 Å². The van der Waals surface area contributed by atoms with Crippen LogP contribution in [-0.4, -0.2) is 12.6 Å². The molecule has 0 radical (unpaired) electrons. The summed E-state index contributed by atoms with van der Waals surface area (Å²) < 4.78 is 99.3. The van der Waals surface area contributed by atoms with E-state index >= 15 is 17.6 Å². The maximum Gasteiger partial charge on any atom is 0.586 e. The van der Waals surface area contributed by atoms with Gasteiger partial charge in [0.25, 0.3) is 0 Å². The molecule has 0 saturated carbocycles. The highest BCUT2D eigenvalue weighted by Crippen LogP contribution is 2.61. The van der Waals surface area contributed by atoms with Gasteiger partial charge in [0.05, 0.1) is 0 Å². The van der Waals surface area contributed by atoms with Gasteiger partial charge < -0.3 is 28.4 Å². The van der Waals surface area contributed by atoms with Gasteiger partial charge in [-0.05, 0) is 101 Å². The summed E-state index contributed by atoms with van der Waals surface area (Å²) in [7, 11) is -3.48. The van der Waals surface area contributed by atoms with Crippen LogP contribution in [0.3, 0.4) is 0 Å². The van der Waals surface area contributed by atoms with Crippen molar-refractivity contribution in [3.05, 3.63) is 192 Å².